The number of rotatable bonds is 8. The molecule has 1 fully saturated rings. The highest BCUT2D eigenvalue weighted by Gasteiger charge is 2.33. The first-order valence-corrected chi connectivity index (χ1v) is 12.0. The van der Waals surface area contributed by atoms with Gasteiger partial charge in [-0.15, -0.1) is 0 Å². The maximum atomic E-state index is 12.5. The summed E-state index contributed by atoms with van der Waals surface area (Å²) in [4.78, 5) is 37.2. The highest BCUT2D eigenvalue weighted by Crippen LogP contribution is 2.34. The van der Waals surface area contributed by atoms with Crippen LogP contribution in [-0.4, -0.2) is 52.4 Å². The van der Waals surface area contributed by atoms with Gasteiger partial charge in [0.05, 0.1) is 12.0 Å². The summed E-state index contributed by atoms with van der Waals surface area (Å²) < 4.78 is 12.2. The van der Waals surface area contributed by atoms with E-state index >= 15 is 0 Å². The van der Waals surface area contributed by atoms with Crippen LogP contribution in [0.15, 0.2) is 39.7 Å². The maximum absolute atomic E-state index is 12.5. The molecule has 11 heteroatoms. The fraction of sp³-hybridized carbons (Fsp3) is 0.217. The number of thioether (sulfide) groups is 1. The van der Waals surface area contributed by atoms with Crippen molar-refractivity contribution in [1.82, 2.24) is 4.90 Å². The lowest BCUT2D eigenvalue weighted by molar-refractivity contribution is -0.140. The van der Waals surface area contributed by atoms with Gasteiger partial charge >= 0.3 is 5.97 Å². The number of carboxylic acid groups (broad SMARTS) is 1. The Morgan fingerprint density at radius 2 is 1.94 bits per heavy atom. The lowest BCUT2D eigenvalue weighted by Gasteiger charge is -2.14. The summed E-state index contributed by atoms with van der Waals surface area (Å²) in [5.74, 6) is -1.20. The second-order valence-electron chi connectivity index (χ2n) is 7.25. The van der Waals surface area contributed by atoms with Crippen molar-refractivity contribution in [1.29, 1.82) is 0 Å². The fourth-order valence-electron chi connectivity index (χ4n) is 3.07. The van der Waals surface area contributed by atoms with Gasteiger partial charge in [-0.25, -0.2) is 0 Å². The highest BCUT2D eigenvalue weighted by atomic mass is 79.9. The van der Waals surface area contributed by atoms with Crippen molar-refractivity contribution >= 4 is 73.8 Å². The van der Waals surface area contributed by atoms with E-state index in [1.165, 1.54) is 7.11 Å². The lowest BCUT2D eigenvalue weighted by atomic mass is 10.1. The van der Waals surface area contributed by atoms with Gasteiger partial charge in [0, 0.05) is 10.2 Å². The predicted molar refractivity (Wildman–Crippen MR) is 138 cm³/mol. The predicted octanol–water partition coefficient (Wildman–Crippen LogP) is 4.38. The number of nitrogens with zero attached hydrogens (tertiary/aromatic N) is 1. The molecule has 2 aromatic rings. The Balaban J connectivity index is 1.69. The molecule has 0 saturated carbocycles. The van der Waals surface area contributed by atoms with Gasteiger partial charge in [0.25, 0.3) is 11.8 Å². The first kappa shape index (κ1) is 25.7. The van der Waals surface area contributed by atoms with Gasteiger partial charge in [-0.05, 0) is 60.9 Å². The first-order chi connectivity index (χ1) is 16.1. The Hall–Kier alpha value is -2.89. The Bertz CT molecular complexity index is 1210. The number of nitrogens with one attached hydrogen (secondary N) is 1. The summed E-state index contributed by atoms with van der Waals surface area (Å²) in [5, 5.41) is 11.8. The molecule has 1 aliphatic heterocycles. The van der Waals surface area contributed by atoms with Crippen molar-refractivity contribution in [3.8, 4) is 11.5 Å². The smallest absolute Gasteiger partial charge is 0.323 e. The molecule has 34 heavy (non-hydrogen) atoms. The largest absolute Gasteiger partial charge is 0.493 e. The van der Waals surface area contributed by atoms with Crippen LogP contribution >= 0.6 is 39.9 Å². The van der Waals surface area contributed by atoms with Gasteiger partial charge in [0.15, 0.2) is 18.1 Å². The molecule has 1 heterocycles. The van der Waals surface area contributed by atoms with Gasteiger partial charge < -0.3 is 19.9 Å². The molecule has 0 unspecified atom stereocenters. The molecule has 2 amide bonds. The third-order valence-electron chi connectivity index (χ3n) is 5.01. The molecule has 0 bridgehead atoms. The second-order valence-corrected chi connectivity index (χ2v) is 9.78. The van der Waals surface area contributed by atoms with Crippen molar-refractivity contribution in [2.45, 2.75) is 13.8 Å². The van der Waals surface area contributed by atoms with E-state index in [-0.39, 0.29) is 16.8 Å². The third kappa shape index (κ3) is 5.96. The number of carbonyl (C=O) groups is 3. The van der Waals surface area contributed by atoms with E-state index in [0.29, 0.717) is 27.7 Å². The van der Waals surface area contributed by atoms with Crippen LogP contribution in [0.25, 0.3) is 6.08 Å². The van der Waals surface area contributed by atoms with E-state index in [0.717, 1.165) is 32.3 Å². The van der Waals surface area contributed by atoms with Crippen molar-refractivity contribution in [2.24, 2.45) is 0 Å². The number of carbonyl (C=O) groups excluding carboxylic acids is 2. The average molecular weight is 565 g/mol. The molecular formula is C23H21BrN2O6S2. The van der Waals surface area contributed by atoms with Crippen molar-refractivity contribution < 1.29 is 29.0 Å². The molecule has 0 aromatic heterocycles. The summed E-state index contributed by atoms with van der Waals surface area (Å²) in [6.45, 7) is 3.17. The molecule has 8 nitrogen and oxygen atoms in total. The number of halogens is 1. The number of benzene rings is 2. The summed E-state index contributed by atoms with van der Waals surface area (Å²) in [7, 11) is 1.46. The standard InChI is InChI=1S/C23H21BrN2O6S2/c1-12-13(2)16(6-5-15(12)24)25-20(27)11-32-17-7-4-14(8-18(17)31-3)9-19-22(30)26(10-21(28)29)23(33)34-19/h4-9H,10-11H2,1-3H3,(H,25,27)(H,28,29)/b19-9+. The number of hydrogen-bond acceptors (Lipinski definition) is 7. The van der Waals surface area contributed by atoms with Gasteiger partial charge in [-0.3, -0.25) is 19.3 Å². The van der Waals surface area contributed by atoms with Crippen LogP contribution < -0.4 is 14.8 Å². The van der Waals surface area contributed by atoms with Crippen LogP contribution in [0.1, 0.15) is 16.7 Å². The minimum absolute atomic E-state index is 0.188. The SMILES string of the molecule is COc1cc(/C=C2/SC(=S)N(CC(=O)O)C2=O)ccc1OCC(=O)Nc1ccc(Br)c(C)c1C. The fourth-order valence-corrected chi connectivity index (χ4v) is 4.75. The number of ether oxygens (including phenoxy) is 2. The monoisotopic (exact) mass is 564 g/mol. The summed E-state index contributed by atoms with van der Waals surface area (Å²) >= 11 is 9.60. The van der Waals surface area contributed by atoms with Crippen LogP contribution in [-0.2, 0) is 14.4 Å². The number of amides is 2. The Morgan fingerprint density at radius 1 is 1.21 bits per heavy atom. The van der Waals surface area contributed by atoms with Crippen LogP contribution in [0, 0.1) is 13.8 Å². The number of aliphatic carboxylic acids is 1. The molecule has 3 rings (SSSR count). The Kier molecular flexibility index (Phi) is 8.34. The van der Waals surface area contributed by atoms with E-state index in [4.69, 9.17) is 26.8 Å². The molecule has 178 valence electrons. The zero-order chi connectivity index (χ0) is 25.0. The topological polar surface area (TPSA) is 105 Å². The maximum Gasteiger partial charge on any atom is 0.323 e. The molecule has 0 atom stereocenters. The zero-order valence-corrected chi connectivity index (χ0v) is 21.7. The highest BCUT2D eigenvalue weighted by molar-refractivity contribution is 9.10. The third-order valence-corrected chi connectivity index (χ3v) is 7.24. The van der Waals surface area contributed by atoms with Gasteiger partial charge in [0.1, 0.15) is 10.9 Å². The van der Waals surface area contributed by atoms with Crippen LogP contribution in [0.4, 0.5) is 5.69 Å². The van der Waals surface area contributed by atoms with Gasteiger partial charge in [-0.2, -0.15) is 0 Å². The summed E-state index contributed by atoms with van der Waals surface area (Å²) in [6, 6.07) is 8.67. The second kappa shape index (κ2) is 11.0. The lowest BCUT2D eigenvalue weighted by Crippen LogP contribution is -2.33. The van der Waals surface area contributed by atoms with Crippen molar-refractivity contribution in [3.05, 3.63) is 56.4 Å². The van der Waals surface area contributed by atoms with Crippen LogP contribution in [0.5, 0.6) is 11.5 Å². The quantitative estimate of drug-likeness (QED) is 0.359. The Labute approximate surface area is 214 Å². The van der Waals surface area contributed by atoms with Gasteiger partial charge in [0.2, 0.25) is 0 Å². The van der Waals surface area contributed by atoms with Crippen molar-refractivity contribution in [3.63, 3.8) is 0 Å². The van der Waals surface area contributed by atoms with E-state index in [1.54, 1.807) is 24.3 Å². The number of carboxylic acids is 1. The first-order valence-electron chi connectivity index (χ1n) is 9.94. The Morgan fingerprint density at radius 3 is 2.62 bits per heavy atom. The molecule has 1 saturated heterocycles. The molecular weight excluding hydrogens is 544 g/mol. The molecule has 0 radical (unpaired) electrons. The number of hydrogen-bond donors (Lipinski definition) is 2. The van der Waals surface area contributed by atoms with Crippen LogP contribution in [0.3, 0.4) is 0 Å². The minimum Gasteiger partial charge on any atom is -0.493 e. The zero-order valence-electron chi connectivity index (χ0n) is 18.5. The normalized spacial score (nSPS) is 14.5. The van der Waals surface area contributed by atoms with Gasteiger partial charge in [-0.1, -0.05) is 46.0 Å². The molecule has 0 spiro atoms. The van der Waals surface area contributed by atoms with E-state index in [1.807, 2.05) is 26.0 Å². The molecule has 1 aliphatic rings. The number of methoxy groups -OCH3 is 1. The molecule has 2 aromatic carbocycles. The molecule has 0 aliphatic carbocycles. The van der Waals surface area contributed by atoms with E-state index in [2.05, 4.69) is 21.2 Å². The molecule has 2 N–H and O–H groups in total. The average Bonchev–Trinajstić information content (AvgIpc) is 3.05. The van der Waals surface area contributed by atoms with E-state index < -0.39 is 18.4 Å². The number of anilines is 1. The number of thiocarbonyl (C=S) groups is 1. The van der Waals surface area contributed by atoms with E-state index in [9.17, 15) is 14.4 Å². The summed E-state index contributed by atoms with van der Waals surface area (Å²) in [5.41, 5.74) is 3.33. The minimum atomic E-state index is -1.14. The summed E-state index contributed by atoms with van der Waals surface area (Å²) in [6.07, 6.45) is 1.60. The van der Waals surface area contributed by atoms with Crippen LogP contribution in [0.2, 0.25) is 0 Å². The van der Waals surface area contributed by atoms with Crippen molar-refractivity contribution in [2.75, 3.05) is 25.6 Å².